The molecule has 2 N–H and O–H groups in total. The Morgan fingerprint density at radius 2 is 1.89 bits per heavy atom. The van der Waals surface area contributed by atoms with Gasteiger partial charge in [0.05, 0.1) is 5.92 Å². The van der Waals surface area contributed by atoms with Crippen molar-refractivity contribution in [2.45, 2.75) is 19.8 Å². The maximum absolute atomic E-state index is 12.3. The fourth-order valence-electron chi connectivity index (χ4n) is 2.91. The number of nitrogens with one attached hydrogen (secondary N) is 2. The minimum Gasteiger partial charge on any atom is -0.456 e. The molecule has 0 unspecified atom stereocenters. The minimum absolute atomic E-state index is 0.115. The Morgan fingerprint density at radius 1 is 1.11 bits per heavy atom. The zero-order chi connectivity index (χ0) is 20.3. The summed E-state index contributed by atoms with van der Waals surface area (Å²) >= 11 is 0. The molecule has 28 heavy (non-hydrogen) atoms. The summed E-state index contributed by atoms with van der Waals surface area (Å²) in [5.74, 6) is -1.93. The van der Waals surface area contributed by atoms with Crippen LogP contribution in [0.3, 0.4) is 0 Å². The lowest BCUT2D eigenvalue weighted by atomic mass is 9.99. The molecule has 1 heterocycles. The molecule has 2 aromatic rings. The van der Waals surface area contributed by atoms with Gasteiger partial charge in [0, 0.05) is 16.8 Å². The maximum Gasteiger partial charge on any atom is 0.325 e. The van der Waals surface area contributed by atoms with E-state index < -0.39 is 18.5 Å². The quantitative estimate of drug-likeness (QED) is 0.591. The molecule has 3 rings (SSSR count). The van der Waals surface area contributed by atoms with Gasteiger partial charge in [-0.1, -0.05) is 17.7 Å². The number of Topliss-reactive ketones (excluding diaryl/α,β-unsaturated/α-hetero) is 1. The second kappa shape index (κ2) is 8.04. The molecule has 1 aliphatic rings. The average molecular weight is 380 g/mol. The molecule has 0 bridgehead atoms. The van der Waals surface area contributed by atoms with Crippen molar-refractivity contribution in [1.82, 2.24) is 5.32 Å². The van der Waals surface area contributed by atoms with Gasteiger partial charge < -0.3 is 15.4 Å². The van der Waals surface area contributed by atoms with Crippen molar-refractivity contribution < 1.29 is 23.9 Å². The molecule has 2 amide bonds. The summed E-state index contributed by atoms with van der Waals surface area (Å²) in [5, 5.41) is 5.20. The standard InChI is InChI=1S/C21H20N2O5/c1-12-4-3-5-15(8-12)21(27)22-10-19(25)28-11-18(24)14-6-7-17-16(9-14)13(2)20(26)23-17/h3-9,13H,10-11H2,1-2H3,(H,22,27)(H,23,26)/t13-/m1/s1. The van der Waals surface area contributed by atoms with E-state index in [1.54, 1.807) is 43.3 Å². The fourth-order valence-corrected chi connectivity index (χ4v) is 2.91. The number of rotatable bonds is 6. The number of aryl methyl sites for hydroxylation is 1. The lowest BCUT2D eigenvalue weighted by molar-refractivity contribution is -0.141. The van der Waals surface area contributed by atoms with Crippen LogP contribution in [0.5, 0.6) is 0 Å². The summed E-state index contributed by atoms with van der Waals surface area (Å²) < 4.78 is 4.95. The number of hydrogen-bond donors (Lipinski definition) is 2. The van der Waals surface area contributed by atoms with Gasteiger partial charge in [0.1, 0.15) is 6.54 Å². The highest BCUT2D eigenvalue weighted by Gasteiger charge is 2.27. The van der Waals surface area contributed by atoms with Gasteiger partial charge in [0.2, 0.25) is 5.91 Å². The minimum atomic E-state index is -0.708. The largest absolute Gasteiger partial charge is 0.456 e. The van der Waals surface area contributed by atoms with Crippen molar-refractivity contribution >= 4 is 29.3 Å². The predicted molar refractivity (Wildman–Crippen MR) is 102 cm³/mol. The summed E-state index contributed by atoms with van der Waals surface area (Å²) in [4.78, 5) is 47.8. The van der Waals surface area contributed by atoms with Gasteiger partial charge in [0.15, 0.2) is 12.4 Å². The molecule has 0 fully saturated rings. The van der Waals surface area contributed by atoms with Crippen molar-refractivity contribution in [2.24, 2.45) is 0 Å². The van der Waals surface area contributed by atoms with Gasteiger partial charge in [-0.2, -0.15) is 0 Å². The van der Waals surface area contributed by atoms with E-state index in [9.17, 15) is 19.2 Å². The van der Waals surface area contributed by atoms with Crippen LogP contribution < -0.4 is 10.6 Å². The van der Waals surface area contributed by atoms with Crippen LogP contribution in [0.25, 0.3) is 0 Å². The Kier molecular flexibility index (Phi) is 5.54. The van der Waals surface area contributed by atoms with Crippen molar-refractivity contribution in [3.63, 3.8) is 0 Å². The third-order valence-electron chi connectivity index (χ3n) is 4.53. The van der Waals surface area contributed by atoms with Gasteiger partial charge in [-0.15, -0.1) is 0 Å². The van der Waals surface area contributed by atoms with Crippen molar-refractivity contribution in [3.8, 4) is 0 Å². The normalized spacial score (nSPS) is 14.8. The molecule has 0 aromatic heterocycles. The zero-order valence-corrected chi connectivity index (χ0v) is 15.6. The van der Waals surface area contributed by atoms with E-state index in [0.717, 1.165) is 11.1 Å². The Balaban J connectivity index is 1.50. The third kappa shape index (κ3) is 4.25. The number of benzene rings is 2. The van der Waals surface area contributed by atoms with E-state index in [2.05, 4.69) is 10.6 Å². The second-order valence-corrected chi connectivity index (χ2v) is 6.65. The number of esters is 1. The molecule has 7 nitrogen and oxygen atoms in total. The van der Waals surface area contributed by atoms with Gasteiger partial charge in [-0.25, -0.2) is 0 Å². The van der Waals surface area contributed by atoms with Gasteiger partial charge in [-0.05, 0) is 49.7 Å². The summed E-state index contributed by atoms with van der Waals surface area (Å²) in [6.07, 6.45) is 0. The first-order chi connectivity index (χ1) is 13.3. The van der Waals surface area contributed by atoms with E-state index in [1.807, 2.05) is 13.0 Å². The molecular weight excluding hydrogens is 360 g/mol. The molecule has 7 heteroatoms. The lowest BCUT2D eigenvalue weighted by Gasteiger charge is -2.08. The number of ketones is 1. The maximum atomic E-state index is 12.3. The van der Waals surface area contributed by atoms with Crippen LogP contribution in [0.15, 0.2) is 42.5 Å². The number of carbonyl (C=O) groups is 4. The SMILES string of the molecule is Cc1cccc(C(=O)NCC(=O)OCC(=O)c2ccc3c(c2)[C@@H](C)C(=O)N3)c1. The topological polar surface area (TPSA) is 102 Å². The average Bonchev–Trinajstić information content (AvgIpc) is 2.97. The van der Waals surface area contributed by atoms with Crippen molar-refractivity contribution in [1.29, 1.82) is 0 Å². The smallest absolute Gasteiger partial charge is 0.325 e. The number of anilines is 1. The molecule has 1 aliphatic heterocycles. The number of ether oxygens (including phenoxy) is 1. The molecule has 0 aliphatic carbocycles. The molecule has 0 spiro atoms. The molecule has 0 saturated heterocycles. The lowest BCUT2D eigenvalue weighted by Crippen LogP contribution is -2.31. The number of amides is 2. The van der Waals surface area contributed by atoms with Crippen LogP contribution in [0, 0.1) is 6.92 Å². The molecular formula is C21H20N2O5. The van der Waals surface area contributed by atoms with Crippen LogP contribution in [0.4, 0.5) is 5.69 Å². The van der Waals surface area contributed by atoms with Crippen molar-refractivity contribution in [2.75, 3.05) is 18.5 Å². The zero-order valence-electron chi connectivity index (χ0n) is 15.6. The fraction of sp³-hybridized carbons (Fsp3) is 0.238. The Bertz CT molecular complexity index is 967. The Morgan fingerprint density at radius 3 is 2.64 bits per heavy atom. The first-order valence-electron chi connectivity index (χ1n) is 8.83. The number of carbonyl (C=O) groups excluding carboxylic acids is 4. The first-order valence-corrected chi connectivity index (χ1v) is 8.83. The third-order valence-corrected chi connectivity index (χ3v) is 4.53. The van der Waals surface area contributed by atoms with E-state index in [-0.39, 0.29) is 24.2 Å². The van der Waals surface area contributed by atoms with E-state index in [1.165, 1.54) is 0 Å². The number of hydrogen-bond acceptors (Lipinski definition) is 5. The monoisotopic (exact) mass is 380 g/mol. The highest BCUT2D eigenvalue weighted by atomic mass is 16.5. The first kappa shape index (κ1) is 19.3. The summed E-state index contributed by atoms with van der Waals surface area (Å²) in [6.45, 7) is 2.85. The molecule has 2 aromatic carbocycles. The van der Waals surface area contributed by atoms with Crippen LogP contribution in [0.1, 0.15) is 44.7 Å². The van der Waals surface area contributed by atoms with Crippen molar-refractivity contribution in [3.05, 3.63) is 64.7 Å². The predicted octanol–water partition coefficient (Wildman–Crippen LogP) is 2.21. The van der Waals surface area contributed by atoms with Crippen LogP contribution in [-0.2, 0) is 14.3 Å². The Labute approximate surface area is 162 Å². The second-order valence-electron chi connectivity index (χ2n) is 6.65. The summed E-state index contributed by atoms with van der Waals surface area (Å²) in [5.41, 5.74) is 3.16. The number of fused-ring (bicyclic) bond motifs is 1. The molecule has 1 atom stereocenters. The summed E-state index contributed by atoms with van der Waals surface area (Å²) in [6, 6.07) is 11.8. The molecule has 0 radical (unpaired) electrons. The van der Waals surface area contributed by atoms with Gasteiger partial charge in [-0.3, -0.25) is 19.2 Å². The van der Waals surface area contributed by atoms with Crippen LogP contribution >= 0.6 is 0 Å². The molecule has 0 saturated carbocycles. The van der Waals surface area contributed by atoms with Crippen LogP contribution in [-0.4, -0.2) is 36.7 Å². The van der Waals surface area contributed by atoms with Crippen LogP contribution in [0.2, 0.25) is 0 Å². The Hall–Kier alpha value is -3.48. The highest BCUT2D eigenvalue weighted by Crippen LogP contribution is 2.32. The van der Waals surface area contributed by atoms with E-state index in [0.29, 0.717) is 16.8 Å². The van der Waals surface area contributed by atoms with Gasteiger partial charge in [0.25, 0.3) is 5.91 Å². The molecule has 144 valence electrons. The van der Waals surface area contributed by atoms with Gasteiger partial charge >= 0.3 is 5.97 Å². The van der Waals surface area contributed by atoms with E-state index >= 15 is 0 Å². The van der Waals surface area contributed by atoms with E-state index in [4.69, 9.17) is 4.74 Å². The summed E-state index contributed by atoms with van der Waals surface area (Å²) in [7, 11) is 0. The highest BCUT2D eigenvalue weighted by molar-refractivity contribution is 6.05.